The molecule has 0 N–H and O–H groups in total. The highest BCUT2D eigenvalue weighted by Gasteiger charge is 2.21. The summed E-state index contributed by atoms with van der Waals surface area (Å²) in [6.45, 7) is 2.15. The summed E-state index contributed by atoms with van der Waals surface area (Å²) < 4.78 is 22.3. The standard InChI is InChI=1S/C23H26O5/c1-5-6-8-16(15-11-12-18(25-2)22(13-15)27-4)21-14-17(24)23-19(26-3)9-7-10-20(23)28-21/h7,9-14,16H,5-6,8H2,1-4H3. The van der Waals surface area contributed by atoms with Crippen molar-refractivity contribution in [2.45, 2.75) is 32.1 Å². The molecular weight excluding hydrogens is 356 g/mol. The second kappa shape index (κ2) is 8.83. The average Bonchev–Trinajstić information content (AvgIpc) is 2.73. The topological polar surface area (TPSA) is 57.9 Å². The lowest BCUT2D eigenvalue weighted by atomic mass is 9.90. The minimum absolute atomic E-state index is 0.0527. The maximum atomic E-state index is 12.8. The molecule has 0 radical (unpaired) electrons. The van der Waals surface area contributed by atoms with Crippen molar-refractivity contribution in [1.82, 2.24) is 0 Å². The van der Waals surface area contributed by atoms with Gasteiger partial charge in [0.25, 0.3) is 0 Å². The molecule has 148 valence electrons. The third-order valence-corrected chi connectivity index (χ3v) is 4.96. The van der Waals surface area contributed by atoms with E-state index in [4.69, 9.17) is 18.6 Å². The van der Waals surface area contributed by atoms with Gasteiger partial charge in [0.2, 0.25) is 0 Å². The van der Waals surface area contributed by atoms with Crippen LogP contribution in [0.3, 0.4) is 0 Å². The molecule has 0 amide bonds. The number of methoxy groups -OCH3 is 3. The Morgan fingerprint density at radius 3 is 2.36 bits per heavy atom. The second-order valence-electron chi connectivity index (χ2n) is 6.66. The monoisotopic (exact) mass is 382 g/mol. The van der Waals surface area contributed by atoms with Crippen LogP contribution in [0.15, 0.2) is 51.7 Å². The largest absolute Gasteiger partial charge is 0.496 e. The molecule has 2 aromatic carbocycles. The molecule has 3 aromatic rings. The zero-order valence-electron chi connectivity index (χ0n) is 16.8. The van der Waals surface area contributed by atoms with Crippen LogP contribution >= 0.6 is 0 Å². The van der Waals surface area contributed by atoms with Gasteiger partial charge in [0.05, 0.1) is 21.3 Å². The Morgan fingerprint density at radius 2 is 1.68 bits per heavy atom. The molecule has 0 aliphatic carbocycles. The number of ether oxygens (including phenoxy) is 3. The van der Waals surface area contributed by atoms with Gasteiger partial charge in [-0.25, -0.2) is 0 Å². The third kappa shape index (κ3) is 3.84. The predicted octanol–water partition coefficient (Wildman–Crippen LogP) is 5.14. The van der Waals surface area contributed by atoms with Crippen molar-refractivity contribution in [3.05, 3.63) is 64.0 Å². The molecule has 1 aromatic heterocycles. The van der Waals surface area contributed by atoms with E-state index < -0.39 is 0 Å². The first-order valence-corrected chi connectivity index (χ1v) is 9.45. The number of hydrogen-bond donors (Lipinski definition) is 0. The van der Waals surface area contributed by atoms with Crippen LogP contribution in [0.4, 0.5) is 0 Å². The lowest BCUT2D eigenvalue weighted by molar-refractivity contribution is 0.354. The molecule has 0 aliphatic rings. The third-order valence-electron chi connectivity index (χ3n) is 4.96. The van der Waals surface area contributed by atoms with Crippen LogP contribution < -0.4 is 19.6 Å². The predicted molar refractivity (Wildman–Crippen MR) is 110 cm³/mol. The van der Waals surface area contributed by atoms with Crippen molar-refractivity contribution in [1.29, 1.82) is 0 Å². The Kier molecular flexibility index (Phi) is 6.24. The highest BCUT2D eigenvalue weighted by atomic mass is 16.5. The van der Waals surface area contributed by atoms with E-state index in [0.29, 0.717) is 34.0 Å². The Labute approximate surface area is 164 Å². The van der Waals surface area contributed by atoms with Crippen LogP contribution in [0.25, 0.3) is 11.0 Å². The fourth-order valence-corrected chi connectivity index (χ4v) is 3.49. The highest BCUT2D eigenvalue weighted by molar-refractivity contribution is 5.83. The van der Waals surface area contributed by atoms with Gasteiger partial charge >= 0.3 is 0 Å². The van der Waals surface area contributed by atoms with Crippen molar-refractivity contribution in [2.24, 2.45) is 0 Å². The summed E-state index contributed by atoms with van der Waals surface area (Å²) in [4.78, 5) is 12.8. The quantitative estimate of drug-likeness (QED) is 0.540. The number of unbranched alkanes of at least 4 members (excludes halogenated alkanes) is 1. The Hall–Kier alpha value is -2.95. The molecule has 0 aliphatic heterocycles. The van der Waals surface area contributed by atoms with Crippen molar-refractivity contribution < 1.29 is 18.6 Å². The Balaban J connectivity index is 2.13. The minimum Gasteiger partial charge on any atom is -0.496 e. The fraction of sp³-hybridized carbons (Fsp3) is 0.348. The number of hydrogen-bond acceptors (Lipinski definition) is 5. The van der Waals surface area contributed by atoms with Gasteiger partial charge in [0, 0.05) is 12.0 Å². The normalized spacial score (nSPS) is 12.0. The Morgan fingerprint density at radius 1 is 0.929 bits per heavy atom. The summed E-state index contributed by atoms with van der Waals surface area (Å²) >= 11 is 0. The molecule has 3 rings (SSSR count). The lowest BCUT2D eigenvalue weighted by Gasteiger charge is -2.19. The van der Waals surface area contributed by atoms with Gasteiger partial charge in [-0.3, -0.25) is 4.79 Å². The zero-order valence-corrected chi connectivity index (χ0v) is 16.8. The molecular formula is C23H26O5. The van der Waals surface area contributed by atoms with Crippen molar-refractivity contribution >= 4 is 11.0 Å². The smallest absolute Gasteiger partial charge is 0.196 e. The van der Waals surface area contributed by atoms with Crippen molar-refractivity contribution in [3.8, 4) is 17.2 Å². The van der Waals surface area contributed by atoms with Crippen molar-refractivity contribution in [3.63, 3.8) is 0 Å². The molecule has 0 saturated carbocycles. The maximum Gasteiger partial charge on any atom is 0.196 e. The van der Waals surface area contributed by atoms with Gasteiger partial charge in [-0.15, -0.1) is 0 Å². The summed E-state index contributed by atoms with van der Waals surface area (Å²) in [7, 11) is 4.78. The first-order chi connectivity index (χ1) is 13.6. The van der Waals surface area contributed by atoms with Crippen LogP contribution in [0.1, 0.15) is 43.4 Å². The van der Waals surface area contributed by atoms with Gasteiger partial charge in [0.15, 0.2) is 16.9 Å². The molecule has 1 atom stereocenters. The van der Waals surface area contributed by atoms with Crippen LogP contribution in [-0.2, 0) is 0 Å². The molecule has 0 saturated heterocycles. The number of fused-ring (bicyclic) bond motifs is 1. The molecule has 28 heavy (non-hydrogen) atoms. The molecule has 1 unspecified atom stereocenters. The summed E-state index contributed by atoms with van der Waals surface area (Å²) in [5.41, 5.74) is 1.45. The second-order valence-corrected chi connectivity index (χ2v) is 6.66. The van der Waals surface area contributed by atoms with Crippen LogP contribution in [0.5, 0.6) is 17.2 Å². The van der Waals surface area contributed by atoms with Crippen LogP contribution in [0, 0.1) is 0 Å². The maximum absolute atomic E-state index is 12.8. The Bertz CT molecular complexity index is 1010. The zero-order chi connectivity index (χ0) is 20.1. The van der Waals surface area contributed by atoms with E-state index in [-0.39, 0.29) is 11.3 Å². The molecule has 0 bridgehead atoms. The SMILES string of the molecule is CCCCC(c1ccc(OC)c(OC)c1)c1cc(=O)c2c(OC)cccc2o1. The van der Waals surface area contributed by atoms with Crippen LogP contribution in [-0.4, -0.2) is 21.3 Å². The number of rotatable bonds is 8. The van der Waals surface area contributed by atoms with Gasteiger partial charge in [0.1, 0.15) is 22.5 Å². The van der Waals surface area contributed by atoms with E-state index in [1.165, 1.54) is 0 Å². The first-order valence-electron chi connectivity index (χ1n) is 9.45. The summed E-state index contributed by atoms with van der Waals surface area (Å²) in [5, 5.41) is 0.468. The molecule has 5 heteroatoms. The fourth-order valence-electron chi connectivity index (χ4n) is 3.49. The number of benzene rings is 2. The summed E-state index contributed by atoms with van der Waals surface area (Å²) in [5.74, 6) is 2.44. The van der Waals surface area contributed by atoms with E-state index in [1.807, 2.05) is 24.3 Å². The van der Waals surface area contributed by atoms with E-state index in [9.17, 15) is 4.79 Å². The summed E-state index contributed by atoms with van der Waals surface area (Å²) in [6, 6.07) is 12.8. The van der Waals surface area contributed by atoms with Gasteiger partial charge in [-0.2, -0.15) is 0 Å². The molecule has 0 spiro atoms. The minimum atomic E-state index is -0.101. The molecule has 5 nitrogen and oxygen atoms in total. The van der Waals surface area contributed by atoms with Gasteiger partial charge < -0.3 is 18.6 Å². The average molecular weight is 382 g/mol. The van der Waals surface area contributed by atoms with Crippen LogP contribution in [0.2, 0.25) is 0 Å². The van der Waals surface area contributed by atoms with Gasteiger partial charge in [-0.1, -0.05) is 31.9 Å². The summed E-state index contributed by atoms with van der Waals surface area (Å²) in [6.07, 6.45) is 2.93. The van der Waals surface area contributed by atoms with E-state index in [0.717, 1.165) is 24.8 Å². The van der Waals surface area contributed by atoms with E-state index >= 15 is 0 Å². The lowest BCUT2D eigenvalue weighted by Crippen LogP contribution is -2.09. The van der Waals surface area contributed by atoms with E-state index in [2.05, 4.69) is 6.92 Å². The molecule has 0 fully saturated rings. The highest BCUT2D eigenvalue weighted by Crippen LogP contribution is 2.36. The van der Waals surface area contributed by atoms with Crippen molar-refractivity contribution in [2.75, 3.05) is 21.3 Å². The van der Waals surface area contributed by atoms with Gasteiger partial charge in [-0.05, 0) is 36.2 Å². The molecule has 1 heterocycles. The van der Waals surface area contributed by atoms with E-state index in [1.54, 1.807) is 39.5 Å². The first kappa shape index (κ1) is 19.8.